The van der Waals surface area contributed by atoms with Crippen LogP contribution in [0.5, 0.6) is 5.75 Å². The first-order valence-electron chi connectivity index (χ1n) is 10.2. The number of aryl methyl sites for hydroxylation is 1. The Bertz CT molecular complexity index is 999. The number of nitrogens with one attached hydrogen (secondary N) is 3. The van der Waals surface area contributed by atoms with Crippen molar-refractivity contribution < 1.29 is 19.1 Å². The molecule has 0 saturated carbocycles. The number of carbonyl (C=O) groups is 3. The molecule has 0 fully saturated rings. The van der Waals surface area contributed by atoms with E-state index in [1.807, 2.05) is 12.1 Å². The summed E-state index contributed by atoms with van der Waals surface area (Å²) in [6.45, 7) is 1.61. The predicted octanol–water partition coefficient (Wildman–Crippen LogP) is 3.03. The molecule has 1 aliphatic rings. The highest BCUT2D eigenvalue weighted by atomic mass is 16.5. The molecule has 0 spiro atoms. The maximum absolute atomic E-state index is 12.4. The molecule has 0 saturated heterocycles. The Hall–Kier alpha value is -3.68. The van der Waals surface area contributed by atoms with E-state index in [1.165, 1.54) is 24.7 Å². The van der Waals surface area contributed by atoms with Crippen LogP contribution in [0.15, 0.2) is 47.6 Å². The van der Waals surface area contributed by atoms with Gasteiger partial charge in [0.15, 0.2) is 0 Å². The number of methoxy groups -OCH3 is 1. The van der Waals surface area contributed by atoms with E-state index >= 15 is 0 Å². The number of amides is 3. The van der Waals surface area contributed by atoms with Crippen LogP contribution >= 0.6 is 0 Å². The number of carbonyl (C=O) groups excluding carboxylic acids is 3. The minimum absolute atomic E-state index is 0.00401. The molecule has 8 nitrogen and oxygen atoms in total. The topological polar surface area (TPSA) is 109 Å². The standard InChI is InChI=1S/C23H26N4O4/c1-15(14-21(28)25-20-9-5-7-16-6-3-4-8-19(16)20)26-27-23(30)22(29)24-17-10-12-18(31-2)13-11-17/h5,7,9-13H,3-4,6,8,14H2,1-2H3,(H,24,29)(H,25,28)(H,27,30)/b26-15+. The Morgan fingerprint density at radius 3 is 2.45 bits per heavy atom. The van der Waals surface area contributed by atoms with E-state index in [2.05, 4.69) is 27.2 Å². The molecule has 0 unspecified atom stereocenters. The summed E-state index contributed by atoms with van der Waals surface area (Å²) < 4.78 is 5.04. The van der Waals surface area contributed by atoms with Crippen LogP contribution < -0.4 is 20.8 Å². The van der Waals surface area contributed by atoms with Gasteiger partial charge in [0.2, 0.25) is 5.91 Å². The molecule has 3 N–H and O–H groups in total. The summed E-state index contributed by atoms with van der Waals surface area (Å²) in [6.07, 6.45) is 4.28. The smallest absolute Gasteiger partial charge is 0.329 e. The molecule has 8 heteroatoms. The molecule has 0 bridgehead atoms. The highest BCUT2D eigenvalue weighted by molar-refractivity contribution is 6.39. The van der Waals surface area contributed by atoms with Crippen LogP contribution in [-0.4, -0.2) is 30.5 Å². The summed E-state index contributed by atoms with van der Waals surface area (Å²) in [5, 5.41) is 9.25. The van der Waals surface area contributed by atoms with E-state index in [1.54, 1.807) is 31.2 Å². The third kappa shape index (κ3) is 6.15. The predicted molar refractivity (Wildman–Crippen MR) is 119 cm³/mol. The van der Waals surface area contributed by atoms with E-state index in [0.29, 0.717) is 17.1 Å². The number of ether oxygens (including phenoxy) is 1. The molecule has 2 aromatic rings. The lowest BCUT2D eigenvalue weighted by Crippen LogP contribution is -2.33. The third-order valence-electron chi connectivity index (χ3n) is 4.99. The van der Waals surface area contributed by atoms with E-state index in [9.17, 15) is 14.4 Å². The Morgan fingerprint density at radius 2 is 1.71 bits per heavy atom. The molecule has 162 valence electrons. The first-order valence-corrected chi connectivity index (χ1v) is 10.2. The number of nitrogens with zero attached hydrogens (tertiary/aromatic N) is 1. The van der Waals surface area contributed by atoms with E-state index in [-0.39, 0.29) is 12.3 Å². The molecule has 3 amide bonds. The highest BCUT2D eigenvalue weighted by Crippen LogP contribution is 2.27. The van der Waals surface area contributed by atoms with E-state index < -0.39 is 11.8 Å². The number of fused-ring (bicyclic) bond motifs is 1. The normalized spacial score (nSPS) is 13.0. The number of hydrogen-bond acceptors (Lipinski definition) is 5. The van der Waals surface area contributed by atoms with Gasteiger partial charge in [-0.3, -0.25) is 14.4 Å². The van der Waals surface area contributed by atoms with Gasteiger partial charge in [-0.05, 0) is 74.1 Å². The average Bonchev–Trinajstić information content (AvgIpc) is 2.78. The summed E-state index contributed by atoms with van der Waals surface area (Å²) in [7, 11) is 1.54. The second kappa shape index (κ2) is 10.4. The van der Waals surface area contributed by atoms with Crippen LogP contribution in [0.1, 0.15) is 37.3 Å². The molecule has 0 radical (unpaired) electrons. The van der Waals surface area contributed by atoms with Crippen LogP contribution in [0.2, 0.25) is 0 Å². The summed E-state index contributed by atoms with van der Waals surface area (Å²) in [5.41, 5.74) is 6.32. The van der Waals surface area contributed by atoms with Gasteiger partial charge in [-0.25, -0.2) is 5.43 Å². The molecule has 2 aromatic carbocycles. The van der Waals surface area contributed by atoms with Crippen LogP contribution in [0.3, 0.4) is 0 Å². The number of rotatable bonds is 6. The van der Waals surface area contributed by atoms with Crippen molar-refractivity contribution in [1.29, 1.82) is 0 Å². The maximum atomic E-state index is 12.4. The molecule has 0 aliphatic heterocycles. The molecule has 0 aromatic heterocycles. The zero-order chi connectivity index (χ0) is 22.2. The van der Waals surface area contributed by atoms with Crippen molar-refractivity contribution >= 4 is 34.8 Å². The summed E-state index contributed by atoms with van der Waals surface area (Å²) in [6, 6.07) is 12.5. The van der Waals surface area contributed by atoms with Gasteiger partial charge in [-0.15, -0.1) is 0 Å². The minimum Gasteiger partial charge on any atom is -0.497 e. The SMILES string of the molecule is COc1ccc(NC(=O)C(=O)N/N=C(\C)CC(=O)Nc2cccc3c2CCCC3)cc1. The lowest BCUT2D eigenvalue weighted by Gasteiger charge is -2.19. The summed E-state index contributed by atoms with van der Waals surface area (Å²) in [4.78, 5) is 36.3. The molecule has 0 atom stereocenters. The Kier molecular flexibility index (Phi) is 7.37. The Labute approximate surface area is 181 Å². The van der Waals surface area contributed by atoms with Crippen LogP contribution in [0.25, 0.3) is 0 Å². The molecule has 31 heavy (non-hydrogen) atoms. The molecular formula is C23H26N4O4. The Morgan fingerprint density at radius 1 is 0.968 bits per heavy atom. The van der Waals surface area contributed by atoms with Crippen LogP contribution in [-0.2, 0) is 27.2 Å². The van der Waals surface area contributed by atoms with Crippen molar-refractivity contribution in [3.05, 3.63) is 53.6 Å². The largest absolute Gasteiger partial charge is 0.497 e. The van der Waals surface area contributed by atoms with Crippen LogP contribution in [0.4, 0.5) is 11.4 Å². The highest BCUT2D eigenvalue weighted by Gasteiger charge is 2.16. The fourth-order valence-electron chi connectivity index (χ4n) is 3.42. The fraction of sp³-hybridized carbons (Fsp3) is 0.304. The second-order valence-corrected chi connectivity index (χ2v) is 7.35. The van der Waals surface area contributed by atoms with Crippen molar-refractivity contribution in [3.8, 4) is 5.75 Å². The van der Waals surface area contributed by atoms with E-state index in [4.69, 9.17) is 4.74 Å². The van der Waals surface area contributed by atoms with Crippen molar-refractivity contribution in [3.63, 3.8) is 0 Å². The van der Waals surface area contributed by atoms with Gasteiger partial charge in [-0.1, -0.05) is 12.1 Å². The number of hydrogen-bond donors (Lipinski definition) is 3. The monoisotopic (exact) mass is 422 g/mol. The average molecular weight is 422 g/mol. The second-order valence-electron chi connectivity index (χ2n) is 7.35. The van der Waals surface area contributed by atoms with E-state index in [0.717, 1.165) is 24.9 Å². The van der Waals surface area contributed by atoms with Gasteiger partial charge >= 0.3 is 11.8 Å². The van der Waals surface area contributed by atoms with Crippen molar-refractivity contribution in [2.75, 3.05) is 17.7 Å². The Balaban J connectivity index is 1.50. The first kappa shape index (κ1) is 22.0. The van der Waals surface area contributed by atoms with Gasteiger partial charge < -0.3 is 15.4 Å². The summed E-state index contributed by atoms with van der Waals surface area (Å²) in [5.74, 6) is -1.37. The quantitative estimate of drug-likeness (QED) is 0.378. The number of hydrazone groups is 1. The third-order valence-corrected chi connectivity index (χ3v) is 4.99. The molecule has 3 rings (SSSR count). The van der Waals surface area contributed by atoms with Gasteiger partial charge in [0.25, 0.3) is 0 Å². The number of anilines is 2. The maximum Gasteiger partial charge on any atom is 0.329 e. The molecular weight excluding hydrogens is 396 g/mol. The van der Waals surface area contributed by atoms with Gasteiger partial charge in [-0.2, -0.15) is 5.10 Å². The van der Waals surface area contributed by atoms with Crippen molar-refractivity contribution in [2.45, 2.75) is 39.0 Å². The van der Waals surface area contributed by atoms with Gasteiger partial charge in [0.05, 0.1) is 13.5 Å². The fourth-order valence-corrected chi connectivity index (χ4v) is 3.42. The zero-order valence-electron chi connectivity index (χ0n) is 17.7. The molecule has 0 heterocycles. The lowest BCUT2D eigenvalue weighted by molar-refractivity contribution is -0.136. The molecule has 1 aliphatic carbocycles. The van der Waals surface area contributed by atoms with Crippen LogP contribution in [0, 0.1) is 0 Å². The summed E-state index contributed by atoms with van der Waals surface area (Å²) >= 11 is 0. The number of benzene rings is 2. The first-order chi connectivity index (χ1) is 15.0. The minimum atomic E-state index is -0.923. The zero-order valence-corrected chi connectivity index (χ0v) is 17.7. The van der Waals surface area contributed by atoms with Gasteiger partial charge in [0.1, 0.15) is 5.75 Å². The van der Waals surface area contributed by atoms with Gasteiger partial charge in [0, 0.05) is 17.1 Å². The lowest BCUT2D eigenvalue weighted by atomic mass is 9.90. The van der Waals surface area contributed by atoms with Crippen molar-refractivity contribution in [2.24, 2.45) is 5.10 Å². The van der Waals surface area contributed by atoms with Crippen molar-refractivity contribution in [1.82, 2.24) is 5.43 Å².